The standard InChI is InChI=1S/C17H21N3O4/c1-20-13-10-11(2-3-12(13)18-16(20)22)15(21)19-14-4-7-24-17(14)5-8-23-9-6-17/h2-3,10,14H,4-9H2,1H3,(H,18,22)(H,19,21). The molecule has 2 aliphatic heterocycles. The molecule has 2 aliphatic rings. The number of H-pyrrole nitrogens is 1. The summed E-state index contributed by atoms with van der Waals surface area (Å²) in [6.45, 7) is 2.00. The van der Waals surface area contributed by atoms with Gasteiger partial charge in [-0.3, -0.25) is 9.36 Å². The van der Waals surface area contributed by atoms with Crippen molar-refractivity contribution in [3.8, 4) is 0 Å². The van der Waals surface area contributed by atoms with Gasteiger partial charge in [0.15, 0.2) is 0 Å². The van der Waals surface area contributed by atoms with E-state index in [9.17, 15) is 9.59 Å². The Bertz CT molecular complexity index is 832. The van der Waals surface area contributed by atoms with Gasteiger partial charge in [-0.05, 0) is 24.6 Å². The monoisotopic (exact) mass is 331 g/mol. The number of carbonyl (C=O) groups is 1. The highest BCUT2D eigenvalue weighted by Gasteiger charge is 2.46. The molecular formula is C17H21N3O4. The van der Waals surface area contributed by atoms with Gasteiger partial charge in [-0.1, -0.05) is 0 Å². The molecule has 2 saturated heterocycles. The topological polar surface area (TPSA) is 85.4 Å². The molecule has 1 aromatic heterocycles. The number of carbonyl (C=O) groups excluding carboxylic acids is 1. The van der Waals surface area contributed by atoms with Crippen LogP contribution in [0, 0.1) is 0 Å². The maximum atomic E-state index is 12.7. The summed E-state index contributed by atoms with van der Waals surface area (Å²) >= 11 is 0. The van der Waals surface area contributed by atoms with E-state index >= 15 is 0 Å². The van der Waals surface area contributed by atoms with Gasteiger partial charge in [0.25, 0.3) is 5.91 Å². The van der Waals surface area contributed by atoms with Crippen molar-refractivity contribution >= 4 is 16.9 Å². The average Bonchev–Trinajstić information content (AvgIpc) is 3.09. The van der Waals surface area contributed by atoms with Gasteiger partial charge in [-0.2, -0.15) is 0 Å². The van der Waals surface area contributed by atoms with E-state index < -0.39 is 0 Å². The number of aryl methyl sites for hydroxylation is 1. The smallest absolute Gasteiger partial charge is 0.326 e. The Labute approximate surface area is 138 Å². The molecule has 4 rings (SSSR count). The number of hydrogen-bond acceptors (Lipinski definition) is 4. The first-order valence-corrected chi connectivity index (χ1v) is 8.30. The lowest BCUT2D eigenvalue weighted by atomic mass is 9.86. The number of ether oxygens (including phenoxy) is 2. The summed E-state index contributed by atoms with van der Waals surface area (Å²) in [6.07, 6.45) is 2.43. The summed E-state index contributed by atoms with van der Waals surface area (Å²) in [5.74, 6) is -0.132. The molecule has 2 fully saturated rings. The fraction of sp³-hybridized carbons (Fsp3) is 0.529. The summed E-state index contributed by atoms with van der Waals surface area (Å²) < 4.78 is 12.9. The van der Waals surface area contributed by atoms with Crippen LogP contribution in [0.4, 0.5) is 0 Å². The molecule has 1 spiro atoms. The molecule has 1 atom stereocenters. The van der Waals surface area contributed by atoms with Crippen molar-refractivity contribution in [1.82, 2.24) is 14.9 Å². The lowest BCUT2D eigenvalue weighted by molar-refractivity contribution is -0.0872. The third-order valence-corrected chi connectivity index (χ3v) is 5.24. The summed E-state index contributed by atoms with van der Waals surface area (Å²) in [5.41, 5.74) is 1.51. The molecule has 0 bridgehead atoms. The molecule has 0 saturated carbocycles. The molecule has 7 nitrogen and oxygen atoms in total. The quantitative estimate of drug-likeness (QED) is 0.857. The van der Waals surface area contributed by atoms with Crippen molar-refractivity contribution in [1.29, 1.82) is 0 Å². The molecule has 2 N–H and O–H groups in total. The zero-order valence-electron chi connectivity index (χ0n) is 13.6. The predicted octanol–water partition coefficient (Wildman–Crippen LogP) is 0.934. The second kappa shape index (κ2) is 5.75. The van der Waals surface area contributed by atoms with Crippen LogP contribution in [0.3, 0.4) is 0 Å². The van der Waals surface area contributed by atoms with E-state index in [-0.39, 0.29) is 23.2 Å². The van der Waals surface area contributed by atoms with Crippen LogP contribution in [-0.2, 0) is 16.5 Å². The minimum Gasteiger partial charge on any atom is -0.381 e. The molecule has 1 aromatic carbocycles. The Morgan fingerprint density at radius 1 is 1.33 bits per heavy atom. The van der Waals surface area contributed by atoms with Crippen LogP contribution in [0.5, 0.6) is 0 Å². The van der Waals surface area contributed by atoms with Crippen LogP contribution < -0.4 is 11.0 Å². The number of nitrogens with zero attached hydrogens (tertiary/aromatic N) is 1. The molecular weight excluding hydrogens is 310 g/mol. The van der Waals surface area contributed by atoms with Crippen molar-refractivity contribution in [2.24, 2.45) is 7.05 Å². The highest BCUT2D eigenvalue weighted by atomic mass is 16.5. The fourth-order valence-corrected chi connectivity index (χ4v) is 3.76. The van der Waals surface area contributed by atoms with Gasteiger partial charge in [-0.15, -0.1) is 0 Å². The van der Waals surface area contributed by atoms with Gasteiger partial charge in [0, 0.05) is 45.3 Å². The molecule has 2 aromatic rings. The lowest BCUT2D eigenvalue weighted by Crippen LogP contribution is -2.52. The van der Waals surface area contributed by atoms with Gasteiger partial charge < -0.3 is 19.8 Å². The van der Waals surface area contributed by atoms with Crippen molar-refractivity contribution in [2.75, 3.05) is 19.8 Å². The lowest BCUT2D eigenvalue weighted by Gasteiger charge is -2.37. The molecule has 7 heteroatoms. The van der Waals surface area contributed by atoms with Crippen LogP contribution in [0.25, 0.3) is 11.0 Å². The van der Waals surface area contributed by atoms with E-state index in [1.807, 2.05) is 0 Å². The van der Waals surface area contributed by atoms with Crippen molar-refractivity contribution in [3.05, 3.63) is 34.2 Å². The Hall–Kier alpha value is -2.12. The molecule has 3 heterocycles. The maximum absolute atomic E-state index is 12.7. The first-order valence-electron chi connectivity index (χ1n) is 8.30. The van der Waals surface area contributed by atoms with E-state index in [0.717, 1.165) is 30.3 Å². The Kier molecular flexibility index (Phi) is 3.69. The van der Waals surface area contributed by atoms with Gasteiger partial charge in [0.05, 0.1) is 22.7 Å². The number of nitrogens with one attached hydrogen (secondary N) is 2. The first-order chi connectivity index (χ1) is 11.6. The van der Waals surface area contributed by atoms with Crippen LogP contribution in [0.2, 0.25) is 0 Å². The number of amides is 1. The van der Waals surface area contributed by atoms with E-state index in [0.29, 0.717) is 25.4 Å². The van der Waals surface area contributed by atoms with E-state index in [2.05, 4.69) is 10.3 Å². The number of fused-ring (bicyclic) bond motifs is 1. The summed E-state index contributed by atoms with van der Waals surface area (Å²) in [4.78, 5) is 27.1. The number of imidazole rings is 1. The molecule has 1 unspecified atom stereocenters. The molecule has 1 amide bonds. The van der Waals surface area contributed by atoms with Gasteiger partial charge in [0.2, 0.25) is 0 Å². The largest absolute Gasteiger partial charge is 0.381 e. The van der Waals surface area contributed by atoms with Gasteiger partial charge in [-0.25, -0.2) is 4.79 Å². The van der Waals surface area contributed by atoms with E-state index in [1.54, 1.807) is 25.2 Å². The fourth-order valence-electron chi connectivity index (χ4n) is 3.76. The van der Waals surface area contributed by atoms with Gasteiger partial charge >= 0.3 is 5.69 Å². The first kappa shape index (κ1) is 15.4. The maximum Gasteiger partial charge on any atom is 0.326 e. The number of hydrogen-bond donors (Lipinski definition) is 2. The van der Waals surface area contributed by atoms with Crippen molar-refractivity contribution in [3.63, 3.8) is 0 Å². The van der Waals surface area contributed by atoms with Crippen LogP contribution in [-0.4, -0.2) is 46.9 Å². The molecule has 24 heavy (non-hydrogen) atoms. The van der Waals surface area contributed by atoms with Crippen LogP contribution >= 0.6 is 0 Å². The normalized spacial score (nSPS) is 23.0. The molecule has 128 valence electrons. The Morgan fingerprint density at radius 3 is 2.92 bits per heavy atom. The number of aromatic nitrogens is 2. The number of benzene rings is 1. The molecule has 0 aliphatic carbocycles. The third kappa shape index (κ3) is 2.44. The number of rotatable bonds is 2. The minimum absolute atomic E-state index is 0.000332. The van der Waals surface area contributed by atoms with Crippen LogP contribution in [0.15, 0.2) is 23.0 Å². The highest BCUT2D eigenvalue weighted by Crippen LogP contribution is 2.35. The zero-order chi connectivity index (χ0) is 16.7. The van der Waals surface area contributed by atoms with Crippen molar-refractivity contribution < 1.29 is 14.3 Å². The van der Waals surface area contributed by atoms with Crippen molar-refractivity contribution in [2.45, 2.75) is 30.9 Å². The second-order valence-corrected chi connectivity index (χ2v) is 6.56. The number of aromatic amines is 1. The van der Waals surface area contributed by atoms with Crippen LogP contribution in [0.1, 0.15) is 29.6 Å². The SMILES string of the molecule is Cn1c(=O)[nH]c2ccc(C(=O)NC3CCOC34CCOCC4)cc21. The summed E-state index contributed by atoms with van der Waals surface area (Å²) in [5, 5.41) is 3.13. The molecule has 0 radical (unpaired) electrons. The summed E-state index contributed by atoms with van der Waals surface area (Å²) in [6, 6.07) is 5.25. The Morgan fingerprint density at radius 2 is 2.12 bits per heavy atom. The highest BCUT2D eigenvalue weighted by molar-refractivity contribution is 5.97. The predicted molar refractivity (Wildman–Crippen MR) is 88.1 cm³/mol. The van der Waals surface area contributed by atoms with Gasteiger partial charge in [0.1, 0.15) is 0 Å². The van der Waals surface area contributed by atoms with E-state index in [1.165, 1.54) is 4.57 Å². The third-order valence-electron chi connectivity index (χ3n) is 5.24. The zero-order valence-corrected chi connectivity index (χ0v) is 13.6. The van der Waals surface area contributed by atoms with E-state index in [4.69, 9.17) is 9.47 Å². The summed E-state index contributed by atoms with van der Waals surface area (Å²) in [7, 11) is 1.69. The average molecular weight is 331 g/mol. The Balaban J connectivity index is 1.57. The second-order valence-electron chi connectivity index (χ2n) is 6.56. The minimum atomic E-state index is -0.293.